The van der Waals surface area contributed by atoms with E-state index in [1.807, 2.05) is 6.92 Å². The van der Waals surface area contributed by atoms with Crippen LogP contribution in [0.15, 0.2) is 17.2 Å². The summed E-state index contributed by atoms with van der Waals surface area (Å²) in [5.41, 5.74) is 0.00201. The highest BCUT2D eigenvalue weighted by Crippen LogP contribution is 2.22. The van der Waals surface area contributed by atoms with Crippen molar-refractivity contribution in [2.75, 3.05) is 32.8 Å². The Labute approximate surface area is 171 Å². The zero-order valence-electron chi connectivity index (χ0n) is 16.9. The van der Waals surface area contributed by atoms with E-state index in [1.165, 1.54) is 16.6 Å². The molecule has 2 aliphatic heterocycles. The first-order valence-electron chi connectivity index (χ1n) is 10.1. The number of carbonyl (C=O) groups excluding carboxylic acids is 2. The summed E-state index contributed by atoms with van der Waals surface area (Å²) in [4.78, 5) is 29.6. The average Bonchev–Trinajstić information content (AvgIpc) is 3.25. The van der Waals surface area contributed by atoms with Crippen molar-refractivity contribution < 1.29 is 27.5 Å². The van der Waals surface area contributed by atoms with Gasteiger partial charge in [0.15, 0.2) is 6.10 Å². The third kappa shape index (κ3) is 4.81. The molecule has 0 spiro atoms. The van der Waals surface area contributed by atoms with Gasteiger partial charge in [-0.2, -0.15) is 4.31 Å². The zero-order valence-corrected chi connectivity index (χ0v) is 17.7. The molecule has 3 rings (SSSR count). The maximum Gasteiger partial charge on any atom is 0.355 e. The fourth-order valence-electron chi connectivity index (χ4n) is 3.80. The summed E-state index contributed by atoms with van der Waals surface area (Å²) >= 11 is 0. The monoisotopic (exact) mass is 427 g/mol. The minimum Gasteiger partial charge on any atom is -0.448 e. The molecule has 0 radical (unpaired) electrons. The first-order valence-corrected chi connectivity index (χ1v) is 11.6. The lowest BCUT2D eigenvalue weighted by atomic mass is 9.99. The van der Waals surface area contributed by atoms with E-state index in [4.69, 9.17) is 9.47 Å². The van der Waals surface area contributed by atoms with Crippen LogP contribution < -0.4 is 0 Å². The molecule has 2 saturated heterocycles. The largest absolute Gasteiger partial charge is 0.448 e. The number of hydrogen-bond donors (Lipinski definition) is 1. The van der Waals surface area contributed by atoms with Crippen LogP contribution in [0.4, 0.5) is 0 Å². The van der Waals surface area contributed by atoms with Crippen LogP contribution in [0.25, 0.3) is 0 Å². The second kappa shape index (κ2) is 9.27. The van der Waals surface area contributed by atoms with E-state index in [-0.39, 0.29) is 35.6 Å². The number of rotatable bonds is 6. The molecule has 1 aromatic rings. The van der Waals surface area contributed by atoms with Crippen molar-refractivity contribution in [2.45, 2.75) is 56.6 Å². The Morgan fingerprint density at radius 3 is 2.69 bits per heavy atom. The Kier molecular flexibility index (Phi) is 6.97. The summed E-state index contributed by atoms with van der Waals surface area (Å²) < 4.78 is 37.2. The maximum atomic E-state index is 12.7. The fourth-order valence-corrected chi connectivity index (χ4v) is 5.20. The second-order valence-electron chi connectivity index (χ2n) is 7.40. The zero-order chi connectivity index (χ0) is 21.0. The van der Waals surface area contributed by atoms with Crippen LogP contribution in [0.2, 0.25) is 0 Å². The first kappa shape index (κ1) is 21.8. The van der Waals surface area contributed by atoms with E-state index in [0.717, 1.165) is 25.7 Å². The number of likely N-dealkylation sites (tertiary alicyclic amines) is 1. The van der Waals surface area contributed by atoms with E-state index >= 15 is 0 Å². The minimum absolute atomic E-state index is 0.00201. The summed E-state index contributed by atoms with van der Waals surface area (Å²) in [7, 11) is -3.71. The van der Waals surface area contributed by atoms with Crippen molar-refractivity contribution in [3.63, 3.8) is 0 Å². The highest BCUT2D eigenvalue weighted by molar-refractivity contribution is 7.89. The molecule has 0 aliphatic carbocycles. The van der Waals surface area contributed by atoms with Crippen LogP contribution in [0.1, 0.15) is 50.0 Å². The standard InChI is InChI=1S/C19H29N3O6S/c1-3-15-6-4-5-7-22(15)18(23)14(2)28-19(24)17-12-16(13-20-17)29(25,26)21-8-10-27-11-9-21/h12-15,20H,3-11H2,1-2H3. The van der Waals surface area contributed by atoms with E-state index in [0.29, 0.717) is 19.8 Å². The molecule has 0 aromatic carbocycles. The van der Waals surface area contributed by atoms with Gasteiger partial charge in [-0.1, -0.05) is 6.92 Å². The van der Waals surface area contributed by atoms with Gasteiger partial charge in [0.05, 0.1) is 13.2 Å². The number of nitrogens with zero attached hydrogens (tertiary/aromatic N) is 2. The Hall–Kier alpha value is -1.91. The van der Waals surface area contributed by atoms with Crippen molar-refractivity contribution in [2.24, 2.45) is 0 Å². The third-order valence-corrected chi connectivity index (χ3v) is 7.37. The average molecular weight is 428 g/mol. The van der Waals surface area contributed by atoms with Crippen molar-refractivity contribution in [1.29, 1.82) is 0 Å². The van der Waals surface area contributed by atoms with Crippen LogP contribution >= 0.6 is 0 Å². The summed E-state index contributed by atoms with van der Waals surface area (Å²) in [5, 5.41) is 0. The van der Waals surface area contributed by atoms with Gasteiger partial charge in [-0.05, 0) is 38.7 Å². The molecule has 0 saturated carbocycles. The molecule has 2 fully saturated rings. The number of carbonyl (C=O) groups is 2. The number of esters is 1. The van der Waals surface area contributed by atoms with Gasteiger partial charge in [0.1, 0.15) is 10.6 Å². The number of aromatic nitrogens is 1. The smallest absolute Gasteiger partial charge is 0.355 e. The molecule has 1 N–H and O–H groups in total. The van der Waals surface area contributed by atoms with Gasteiger partial charge in [0, 0.05) is 31.9 Å². The molecule has 2 unspecified atom stereocenters. The van der Waals surface area contributed by atoms with Gasteiger partial charge in [-0.25, -0.2) is 13.2 Å². The van der Waals surface area contributed by atoms with Crippen LogP contribution in [0, 0.1) is 0 Å². The fraction of sp³-hybridized carbons (Fsp3) is 0.684. The molecular formula is C19H29N3O6S. The van der Waals surface area contributed by atoms with Gasteiger partial charge in [-0.3, -0.25) is 4.79 Å². The molecule has 29 heavy (non-hydrogen) atoms. The lowest BCUT2D eigenvalue weighted by Crippen LogP contribution is -2.48. The second-order valence-corrected chi connectivity index (χ2v) is 9.34. The van der Waals surface area contributed by atoms with Crippen LogP contribution in [0.5, 0.6) is 0 Å². The summed E-state index contributed by atoms with van der Waals surface area (Å²) in [5.74, 6) is -0.961. The number of nitrogens with one attached hydrogen (secondary N) is 1. The van der Waals surface area contributed by atoms with E-state index in [1.54, 1.807) is 11.8 Å². The lowest BCUT2D eigenvalue weighted by molar-refractivity contribution is -0.143. The number of aromatic amines is 1. The van der Waals surface area contributed by atoms with Crippen molar-refractivity contribution in [3.05, 3.63) is 18.0 Å². The van der Waals surface area contributed by atoms with Gasteiger partial charge in [0.25, 0.3) is 5.91 Å². The number of amides is 1. The number of sulfonamides is 1. The Morgan fingerprint density at radius 2 is 2.00 bits per heavy atom. The Bertz CT molecular complexity index is 831. The molecule has 162 valence electrons. The number of ether oxygens (including phenoxy) is 2. The number of piperidine rings is 1. The molecule has 3 heterocycles. The van der Waals surface area contributed by atoms with Crippen molar-refractivity contribution in [1.82, 2.24) is 14.2 Å². The van der Waals surface area contributed by atoms with E-state index < -0.39 is 22.1 Å². The normalized spacial score (nSPS) is 22.3. The van der Waals surface area contributed by atoms with Gasteiger partial charge >= 0.3 is 5.97 Å². The summed E-state index contributed by atoms with van der Waals surface area (Å²) in [6.07, 6.45) is 4.21. The summed E-state index contributed by atoms with van der Waals surface area (Å²) in [6.45, 7) is 5.49. The predicted octanol–water partition coefficient (Wildman–Crippen LogP) is 1.37. The highest BCUT2D eigenvalue weighted by atomic mass is 32.2. The Balaban J connectivity index is 1.64. The summed E-state index contributed by atoms with van der Waals surface area (Å²) in [6, 6.07) is 1.42. The molecule has 2 aliphatic rings. The van der Waals surface area contributed by atoms with Crippen LogP contribution in [-0.4, -0.2) is 79.5 Å². The molecule has 9 nitrogen and oxygen atoms in total. The lowest BCUT2D eigenvalue weighted by Gasteiger charge is -2.36. The predicted molar refractivity (Wildman–Crippen MR) is 105 cm³/mol. The Morgan fingerprint density at radius 1 is 1.28 bits per heavy atom. The molecule has 1 amide bonds. The molecule has 2 atom stereocenters. The van der Waals surface area contributed by atoms with E-state index in [2.05, 4.69) is 4.98 Å². The minimum atomic E-state index is -3.71. The van der Waals surface area contributed by atoms with Gasteiger partial charge in [0.2, 0.25) is 10.0 Å². The molecular weight excluding hydrogens is 398 g/mol. The van der Waals surface area contributed by atoms with Gasteiger partial charge < -0.3 is 19.4 Å². The number of morpholine rings is 1. The molecule has 1 aromatic heterocycles. The van der Waals surface area contributed by atoms with E-state index in [9.17, 15) is 18.0 Å². The first-order chi connectivity index (χ1) is 13.8. The number of hydrogen-bond acceptors (Lipinski definition) is 6. The quantitative estimate of drug-likeness (QED) is 0.687. The third-order valence-electron chi connectivity index (χ3n) is 5.50. The van der Waals surface area contributed by atoms with Crippen molar-refractivity contribution in [3.8, 4) is 0 Å². The molecule has 0 bridgehead atoms. The van der Waals surface area contributed by atoms with Crippen LogP contribution in [0.3, 0.4) is 0 Å². The van der Waals surface area contributed by atoms with Crippen LogP contribution in [-0.2, 0) is 24.3 Å². The number of H-pyrrole nitrogens is 1. The maximum absolute atomic E-state index is 12.7. The highest BCUT2D eigenvalue weighted by Gasteiger charge is 2.32. The van der Waals surface area contributed by atoms with Gasteiger partial charge in [-0.15, -0.1) is 0 Å². The topological polar surface area (TPSA) is 109 Å². The molecule has 10 heteroatoms. The van der Waals surface area contributed by atoms with Crippen molar-refractivity contribution >= 4 is 21.9 Å². The SMILES string of the molecule is CCC1CCCCN1C(=O)C(C)OC(=O)c1cc(S(=O)(=O)N2CCOCC2)c[nH]1.